The van der Waals surface area contributed by atoms with Gasteiger partial charge < -0.3 is 10.1 Å². The van der Waals surface area contributed by atoms with Gasteiger partial charge in [0, 0.05) is 12.5 Å². The quantitative estimate of drug-likeness (QED) is 0.627. The van der Waals surface area contributed by atoms with Gasteiger partial charge in [0.15, 0.2) is 0 Å². The Kier molecular flexibility index (Phi) is 4.70. The third-order valence-corrected chi connectivity index (χ3v) is 5.89. The molecule has 2 heterocycles. The molecule has 0 unspecified atom stereocenters. The van der Waals surface area contributed by atoms with Crippen LogP contribution in [0.5, 0.6) is 0 Å². The zero-order valence-electron chi connectivity index (χ0n) is 16.2. The van der Waals surface area contributed by atoms with Crippen molar-refractivity contribution in [3.63, 3.8) is 0 Å². The van der Waals surface area contributed by atoms with Crippen molar-refractivity contribution in [2.45, 2.75) is 25.4 Å². The minimum Gasteiger partial charge on any atom is -0.461 e. The molecule has 7 heteroatoms. The van der Waals surface area contributed by atoms with Crippen LogP contribution in [0.3, 0.4) is 0 Å². The van der Waals surface area contributed by atoms with E-state index in [-0.39, 0.29) is 12.5 Å². The van der Waals surface area contributed by atoms with Crippen molar-refractivity contribution in [2.75, 3.05) is 11.5 Å². The minimum absolute atomic E-state index is 0.172. The molecule has 0 aliphatic carbocycles. The molecule has 6 nitrogen and oxygen atoms in total. The number of rotatable bonds is 4. The third kappa shape index (κ3) is 2.93. The Labute approximate surface area is 167 Å². The maximum atomic E-state index is 13.4. The Morgan fingerprint density at radius 3 is 2.38 bits per heavy atom. The van der Waals surface area contributed by atoms with Gasteiger partial charge >= 0.3 is 5.97 Å². The number of fused-ring (bicyclic) bond motifs is 1. The summed E-state index contributed by atoms with van der Waals surface area (Å²) in [7, 11) is 0. The van der Waals surface area contributed by atoms with Crippen LogP contribution in [0.15, 0.2) is 54.6 Å². The van der Waals surface area contributed by atoms with Gasteiger partial charge in [-0.2, -0.15) is 0 Å². The molecule has 2 aliphatic rings. The maximum Gasteiger partial charge on any atom is 0.368 e. The molecule has 2 saturated heterocycles. The highest BCUT2D eigenvalue weighted by atomic mass is 19.1. The minimum atomic E-state index is -1.25. The van der Waals surface area contributed by atoms with Crippen LogP contribution in [0.1, 0.15) is 25.5 Å². The van der Waals surface area contributed by atoms with Gasteiger partial charge in [0.25, 0.3) is 0 Å². The number of imide groups is 1. The van der Waals surface area contributed by atoms with Crippen molar-refractivity contribution in [1.29, 1.82) is 0 Å². The van der Waals surface area contributed by atoms with Gasteiger partial charge in [0.2, 0.25) is 17.4 Å². The fourth-order valence-corrected chi connectivity index (χ4v) is 4.57. The molecule has 150 valence electrons. The van der Waals surface area contributed by atoms with Gasteiger partial charge in [0.1, 0.15) is 23.7 Å². The summed E-state index contributed by atoms with van der Waals surface area (Å²) in [6.07, 6.45) is 0. The number of anilines is 1. The van der Waals surface area contributed by atoms with Crippen molar-refractivity contribution in [3.05, 3.63) is 66.0 Å². The number of para-hydroxylation sites is 1. The standard InChI is InChI=1S/C22H21FN2O4/c1-3-29-21(28)22(2)17-16(18(24-22)13-9-11-14(23)12-10-13)19(26)25(20(17)27)15-7-5-4-6-8-15/h4-12,16-18,24H,3H2,1-2H3/p+1/t16-,17+,18-,22-/m0/s1. The van der Waals surface area contributed by atoms with Gasteiger partial charge in [-0.05, 0) is 31.2 Å². The van der Waals surface area contributed by atoms with Crippen LogP contribution in [0, 0.1) is 17.7 Å². The Morgan fingerprint density at radius 1 is 1.10 bits per heavy atom. The first kappa shape index (κ1) is 19.3. The first-order chi connectivity index (χ1) is 13.9. The number of hydrogen-bond donors (Lipinski definition) is 1. The molecular formula is C22H22FN2O4+. The van der Waals surface area contributed by atoms with Crippen molar-refractivity contribution in [1.82, 2.24) is 0 Å². The first-order valence-corrected chi connectivity index (χ1v) is 9.60. The molecule has 2 aromatic carbocycles. The lowest BCUT2D eigenvalue weighted by molar-refractivity contribution is -0.731. The second kappa shape index (κ2) is 7.08. The highest BCUT2D eigenvalue weighted by Gasteiger charge is 2.70. The molecule has 2 aromatic rings. The van der Waals surface area contributed by atoms with E-state index in [1.807, 2.05) is 0 Å². The number of hydrogen-bond acceptors (Lipinski definition) is 4. The third-order valence-electron chi connectivity index (χ3n) is 5.89. The SMILES string of the molecule is CCOC(=O)[C@@]1(C)[NH2+][C@@H](c2ccc(F)cc2)[C@H]2C(=O)N(c3ccccc3)C(=O)[C@@H]21. The summed E-state index contributed by atoms with van der Waals surface area (Å²) >= 11 is 0. The summed E-state index contributed by atoms with van der Waals surface area (Å²) in [6.45, 7) is 3.51. The first-order valence-electron chi connectivity index (χ1n) is 9.60. The van der Waals surface area contributed by atoms with E-state index in [9.17, 15) is 18.8 Å². The number of amides is 2. The van der Waals surface area contributed by atoms with Crippen molar-refractivity contribution in [3.8, 4) is 0 Å². The van der Waals surface area contributed by atoms with Gasteiger partial charge in [-0.1, -0.05) is 30.3 Å². The number of benzene rings is 2. The molecular weight excluding hydrogens is 375 g/mol. The van der Waals surface area contributed by atoms with E-state index in [2.05, 4.69) is 0 Å². The Bertz CT molecular complexity index is 963. The van der Waals surface area contributed by atoms with E-state index < -0.39 is 41.1 Å². The van der Waals surface area contributed by atoms with Crippen molar-refractivity contribution < 1.29 is 28.8 Å². The maximum absolute atomic E-state index is 13.4. The number of nitrogens with zero attached hydrogens (tertiary/aromatic N) is 1. The number of carbonyl (C=O) groups is 3. The molecule has 29 heavy (non-hydrogen) atoms. The zero-order chi connectivity index (χ0) is 20.8. The van der Waals surface area contributed by atoms with E-state index in [1.54, 1.807) is 61.6 Å². The fraction of sp³-hybridized carbons (Fsp3) is 0.318. The summed E-state index contributed by atoms with van der Waals surface area (Å²) < 4.78 is 18.7. The lowest BCUT2D eigenvalue weighted by atomic mass is 9.80. The Balaban J connectivity index is 1.81. The topological polar surface area (TPSA) is 80.3 Å². The van der Waals surface area contributed by atoms with Gasteiger partial charge in [-0.15, -0.1) is 0 Å². The number of quaternary nitrogens is 1. The molecule has 2 fully saturated rings. The average Bonchev–Trinajstić information content (AvgIpc) is 3.17. The highest BCUT2D eigenvalue weighted by molar-refractivity contribution is 6.23. The Morgan fingerprint density at radius 2 is 1.76 bits per heavy atom. The largest absolute Gasteiger partial charge is 0.461 e. The second-order valence-electron chi connectivity index (χ2n) is 7.60. The number of halogens is 1. The molecule has 4 atom stereocenters. The van der Waals surface area contributed by atoms with Gasteiger partial charge in [-0.25, -0.2) is 14.1 Å². The number of carbonyl (C=O) groups excluding carboxylic acids is 3. The van der Waals surface area contributed by atoms with E-state index in [4.69, 9.17) is 4.74 Å². The number of esters is 1. The summed E-state index contributed by atoms with van der Waals surface area (Å²) in [6, 6.07) is 14.0. The summed E-state index contributed by atoms with van der Waals surface area (Å²) in [5.74, 6) is -3.31. The smallest absolute Gasteiger partial charge is 0.368 e. The zero-order valence-corrected chi connectivity index (χ0v) is 16.2. The Hall–Kier alpha value is -3.06. The second-order valence-corrected chi connectivity index (χ2v) is 7.60. The van der Waals surface area contributed by atoms with Crippen molar-refractivity contribution >= 4 is 23.5 Å². The molecule has 0 saturated carbocycles. The van der Waals surface area contributed by atoms with E-state index in [0.29, 0.717) is 11.3 Å². The predicted octanol–water partition coefficient (Wildman–Crippen LogP) is 1.57. The van der Waals surface area contributed by atoms with Crippen LogP contribution in [0.4, 0.5) is 10.1 Å². The van der Waals surface area contributed by atoms with Crippen LogP contribution in [-0.4, -0.2) is 29.9 Å². The van der Waals surface area contributed by atoms with E-state index in [1.165, 1.54) is 12.1 Å². The number of ether oxygens (including phenoxy) is 1. The van der Waals surface area contributed by atoms with Crippen LogP contribution in [-0.2, 0) is 19.1 Å². The lowest BCUT2D eigenvalue weighted by Gasteiger charge is -2.26. The molecule has 2 aliphatic heterocycles. The fourth-order valence-electron chi connectivity index (χ4n) is 4.57. The molecule has 0 bridgehead atoms. The predicted molar refractivity (Wildman–Crippen MR) is 102 cm³/mol. The van der Waals surface area contributed by atoms with E-state index >= 15 is 0 Å². The molecule has 2 N–H and O–H groups in total. The molecule has 4 rings (SSSR count). The lowest BCUT2D eigenvalue weighted by Crippen LogP contribution is -2.97. The summed E-state index contributed by atoms with van der Waals surface area (Å²) in [5, 5.41) is 1.73. The molecule has 0 aromatic heterocycles. The molecule has 2 amide bonds. The van der Waals surface area contributed by atoms with Crippen molar-refractivity contribution in [2.24, 2.45) is 11.8 Å². The summed E-state index contributed by atoms with van der Waals surface area (Å²) in [4.78, 5) is 40.7. The summed E-state index contributed by atoms with van der Waals surface area (Å²) in [5.41, 5.74) is -0.0952. The average molecular weight is 397 g/mol. The molecule has 0 radical (unpaired) electrons. The molecule has 0 spiro atoms. The number of nitrogens with two attached hydrogens (primary N) is 1. The van der Waals surface area contributed by atoms with Gasteiger partial charge in [0.05, 0.1) is 12.3 Å². The highest BCUT2D eigenvalue weighted by Crippen LogP contribution is 2.45. The van der Waals surface area contributed by atoms with Crippen LogP contribution in [0.2, 0.25) is 0 Å². The monoisotopic (exact) mass is 397 g/mol. The normalized spacial score (nSPS) is 28.5. The van der Waals surface area contributed by atoms with Gasteiger partial charge in [-0.3, -0.25) is 9.59 Å². The van der Waals surface area contributed by atoms with Crippen LogP contribution >= 0.6 is 0 Å². The van der Waals surface area contributed by atoms with Crippen LogP contribution in [0.25, 0.3) is 0 Å². The van der Waals surface area contributed by atoms with Crippen LogP contribution < -0.4 is 10.2 Å². The van der Waals surface area contributed by atoms with E-state index in [0.717, 1.165) is 4.90 Å².